The second-order valence-electron chi connectivity index (χ2n) is 11.0. The molecule has 0 spiro atoms. The number of esters is 1. The van der Waals surface area contributed by atoms with Crippen LogP contribution in [0.25, 0.3) is 0 Å². The third-order valence-electron chi connectivity index (χ3n) is 6.04. The highest BCUT2D eigenvalue weighted by Crippen LogP contribution is 2.65. The van der Waals surface area contributed by atoms with Crippen LogP contribution in [0, 0.1) is 28.1 Å². The minimum Gasteiger partial charge on any atom is -0.467 e. The molecule has 154 valence electrons. The van der Waals surface area contributed by atoms with Gasteiger partial charge < -0.3 is 15.0 Å². The summed E-state index contributed by atoms with van der Waals surface area (Å²) in [5.41, 5.74) is -0.584. The Balaban J connectivity index is 2.23. The fraction of sp³-hybridized carbons (Fsp3) is 0.857. The Morgan fingerprint density at radius 3 is 2.15 bits per heavy atom. The lowest BCUT2D eigenvalue weighted by atomic mass is 9.84. The van der Waals surface area contributed by atoms with Gasteiger partial charge in [0.15, 0.2) is 0 Å². The third kappa shape index (κ3) is 4.30. The van der Waals surface area contributed by atoms with Crippen molar-refractivity contribution in [1.82, 2.24) is 10.2 Å². The number of nitrogens with one attached hydrogen (secondary N) is 1. The molecule has 0 radical (unpaired) electrons. The van der Waals surface area contributed by atoms with E-state index >= 15 is 0 Å². The molecular weight excluding hydrogens is 344 g/mol. The van der Waals surface area contributed by atoms with Crippen LogP contribution in [0.3, 0.4) is 0 Å². The molecule has 0 aromatic rings. The molecule has 27 heavy (non-hydrogen) atoms. The third-order valence-corrected chi connectivity index (χ3v) is 6.04. The Bertz CT molecular complexity index is 627. The summed E-state index contributed by atoms with van der Waals surface area (Å²) >= 11 is 0. The summed E-state index contributed by atoms with van der Waals surface area (Å²) in [6.07, 6.45) is 0.339. The van der Waals surface area contributed by atoms with Crippen molar-refractivity contribution in [2.45, 2.75) is 73.9 Å². The van der Waals surface area contributed by atoms with Crippen molar-refractivity contribution in [3.05, 3.63) is 0 Å². The average molecular weight is 381 g/mol. The predicted molar refractivity (Wildman–Crippen MR) is 104 cm³/mol. The molecule has 2 rings (SSSR count). The van der Waals surface area contributed by atoms with Gasteiger partial charge in [-0.05, 0) is 22.2 Å². The molecule has 6 nitrogen and oxygen atoms in total. The minimum absolute atomic E-state index is 0.0440. The van der Waals surface area contributed by atoms with Crippen molar-refractivity contribution >= 4 is 17.8 Å². The average Bonchev–Trinajstić information content (AvgIpc) is 2.85. The van der Waals surface area contributed by atoms with Gasteiger partial charge in [-0.15, -0.1) is 0 Å². The first-order valence-electron chi connectivity index (χ1n) is 9.79. The number of carbonyl (C=O) groups is 3. The molecule has 0 bridgehead atoms. The number of piperidine rings is 1. The number of ether oxygens (including phenoxy) is 1. The molecule has 1 saturated heterocycles. The highest BCUT2D eigenvalue weighted by Gasteiger charge is 2.70. The van der Waals surface area contributed by atoms with Gasteiger partial charge in [-0.25, -0.2) is 4.79 Å². The van der Waals surface area contributed by atoms with Crippen LogP contribution in [0.2, 0.25) is 0 Å². The Morgan fingerprint density at radius 2 is 1.70 bits per heavy atom. The van der Waals surface area contributed by atoms with E-state index in [4.69, 9.17) is 4.74 Å². The fourth-order valence-corrected chi connectivity index (χ4v) is 4.41. The summed E-state index contributed by atoms with van der Waals surface area (Å²) in [6, 6.07) is -1.24. The van der Waals surface area contributed by atoms with Crippen molar-refractivity contribution in [3.63, 3.8) is 0 Å². The topological polar surface area (TPSA) is 75.7 Å². The Labute approximate surface area is 163 Å². The van der Waals surface area contributed by atoms with Gasteiger partial charge in [0.05, 0.1) is 7.11 Å². The molecule has 1 aliphatic heterocycles. The predicted octanol–water partition coefficient (Wildman–Crippen LogP) is 2.61. The second kappa shape index (κ2) is 6.78. The summed E-state index contributed by atoms with van der Waals surface area (Å²) in [5, 5.41) is 2.94. The molecule has 2 aliphatic rings. The molecule has 0 aromatic heterocycles. The molecule has 2 unspecified atom stereocenters. The maximum Gasteiger partial charge on any atom is 0.328 e. The Kier molecular flexibility index (Phi) is 5.45. The number of fused-ring (bicyclic) bond motifs is 1. The van der Waals surface area contributed by atoms with Crippen molar-refractivity contribution in [3.8, 4) is 0 Å². The highest BCUT2D eigenvalue weighted by atomic mass is 16.5. The molecule has 1 aliphatic carbocycles. The summed E-state index contributed by atoms with van der Waals surface area (Å²) in [7, 11) is 1.36. The van der Waals surface area contributed by atoms with E-state index in [1.807, 2.05) is 41.5 Å². The van der Waals surface area contributed by atoms with E-state index in [1.165, 1.54) is 7.11 Å². The van der Waals surface area contributed by atoms with Crippen LogP contribution < -0.4 is 5.32 Å². The number of carbonyl (C=O) groups excluding carboxylic acids is 3. The van der Waals surface area contributed by atoms with Gasteiger partial charge in [-0.3, -0.25) is 9.59 Å². The maximum absolute atomic E-state index is 13.4. The monoisotopic (exact) mass is 380 g/mol. The van der Waals surface area contributed by atoms with Crippen molar-refractivity contribution in [2.75, 3.05) is 13.7 Å². The zero-order chi connectivity index (χ0) is 20.9. The maximum atomic E-state index is 13.4. The van der Waals surface area contributed by atoms with Crippen molar-refractivity contribution in [1.29, 1.82) is 0 Å². The zero-order valence-electron chi connectivity index (χ0n) is 18.3. The van der Waals surface area contributed by atoms with Crippen LogP contribution in [-0.2, 0) is 19.1 Å². The number of methoxy groups -OCH3 is 1. The van der Waals surface area contributed by atoms with Gasteiger partial charge >= 0.3 is 5.97 Å². The van der Waals surface area contributed by atoms with Crippen molar-refractivity contribution in [2.24, 2.45) is 28.1 Å². The molecule has 2 fully saturated rings. The van der Waals surface area contributed by atoms with E-state index in [2.05, 4.69) is 19.2 Å². The van der Waals surface area contributed by atoms with Gasteiger partial charge in [0.2, 0.25) is 11.8 Å². The molecule has 1 heterocycles. The smallest absolute Gasteiger partial charge is 0.328 e. The SMILES string of the molecule is COC(=O)[C@@H]1C2C(CN1C(=O)[C@@H](NC(=O)CC(C)(C)C)C(C)(C)C)C2(C)C. The van der Waals surface area contributed by atoms with Gasteiger partial charge in [0.25, 0.3) is 0 Å². The summed E-state index contributed by atoms with van der Waals surface area (Å²) < 4.78 is 5.00. The van der Waals surface area contributed by atoms with Crippen LogP contribution in [0.15, 0.2) is 0 Å². The van der Waals surface area contributed by atoms with E-state index in [0.29, 0.717) is 18.9 Å². The molecule has 4 atom stereocenters. The van der Waals surface area contributed by atoms with E-state index in [-0.39, 0.29) is 34.5 Å². The number of hydrogen-bond acceptors (Lipinski definition) is 4. The van der Waals surface area contributed by atoms with Gasteiger partial charge in [-0.1, -0.05) is 55.4 Å². The Morgan fingerprint density at radius 1 is 1.15 bits per heavy atom. The van der Waals surface area contributed by atoms with E-state index in [9.17, 15) is 14.4 Å². The summed E-state index contributed by atoms with van der Waals surface area (Å²) in [5.74, 6) is -0.274. The van der Waals surface area contributed by atoms with Gasteiger partial charge in [0, 0.05) is 18.9 Å². The second-order valence-corrected chi connectivity index (χ2v) is 11.0. The van der Waals surface area contributed by atoms with Gasteiger partial charge in [0.1, 0.15) is 12.1 Å². The van der Waals surface area contributed by atoms with E-state index in [0.717, 1.165) is 0 Å². The number of hydrogen-bond donors (Lipinski definition) is 1. The van der Waals surface area contributed by atoms with Crippen LogP contribution in [0.4, 0.5) is 0 Å². The molecular formula is C21H36N2O4. The summed E-state index contributed by atoms with van der Waals surface area (Å²) in [6.45, 7) is 16.6. The molecule has 6 heteroatoms. The molecule has 2 amide bonds. The quantitative estimate of drug-likeness (QED) is 0.761. The summed E-state index contributed by atoms with van der Waals surface area (Å²) in [4.78, 5) is 40.0. The lowest BCUT2D eigenvalue weighted by Crippen LogP contribution is -2.58. The number of amides is 2. The molecule has 1 saturated carbocycles. The van der Waals surface area contributed by atoms with E-state index < -0.39 is 17.5 Å². The standard InChI is InChI=1S/C21H36N2O4/c1-19(2,3)10-13(24)22-16(20(4,5)6)17(25)23-11-12-14(21(12,7)8)15(23)18(26)27-9/h12,14-16H,10-11H2,1-9H3,(H,22,24)/t12?,14?,15-,16+/m0/s1. The van der Waals surface area contributed by atoms with Crippen molar-refractivity contribution < 1.29 is 19.1 Å². The molecule has 1 N–H and O–H groups in total. The van der Waals surface area contributed by atoms with Crippen LogP contribution in [0.1, 0.15) is 61.8 Å². The number of rotatable bonds is 4. The lowest BCUT2D eigenvalue weighted by Gasteiger charge is -2.37. The van der Waals surface area contributed by atoms with Crippen LogP contribution in [-0.4, -0.2) is 48.4 Å². The first kappa shape index (κ1) is 21.7. The highest BCUT2D eigenvalue weighted by molar-refractivity contribution is 5.92. The Hall–Kier alpha value is -1.59. The zero-order valence-corrected chi connectivity index (χ0v) is 18.3. The normalized spacial score (nSPS) is 27.6. The minimum atomic E-state index is -0.680. The van der Waals surface area contributed by atoms with Gasteiger partial charge in [-0.2, -0.15) is 0 Å². The first-order valence-corrected chi connectivity index (χ1v) is 9.79. The molecule has 0 aromatic carbocycles. The first-order chi connectivity index (χ1) is 12.1. The number of likely N-dealkylation sites (tertiary alicyclic amines) is 1. The number of nitrogens with zero attached hydrogens (tertiary/aromatic N) is 1. The van der Waals surface area contributed by atoms with Crippen LogP contribution >= 0.6 is 0 Å². The fourth-order valence-electron chi connectivity index (χ4n) is 4.41. The van der Waals surface area contributed by atoms with E-state index in [1.54, 1.807) is 4.90 Å². The lowest BCUT2D eigenvalue weighted by molar-refractivity contribution is -0.155. The van der Waals surface area contributed by atoms with Crippen LogP contribution in [0.5, 0.6) is 0 Å². The largest absolute Gasteiger partial charge is 0.467 e.